The van der Waals surface area contributed by atoms with Crippen LogP contribution in [-0.2, 0) is 6.42 Å². The fraction of sp³-hybridized carbons (Fsp3) is 0.625. The van der Waals surface area contributed by atoms with Crippen molar-refractivity contribution < 1.29 is 0 Å². The van der Waals surface area contributed by atoms with Crippen LogP contribution in [0.2, 0.25) is 0 Å². The predicted molar refractivity (Wildman–Crippen MR) is 77.2 cm³/mol. The van der Waals surface area contributed by atoms with E-state index in [2.05, 4.69) is 52.0 Å². The molecular formula is C16H30. The molecule has 1 aromatic rings. The third-order valence-corrected chi connectivity index (χ3v) is 2.31. The standard InChI is InChI=1S/C13H20.C2H6.CH4/c1-10(2)9-12-7-5-6-8-13(12)11(3)4;1-2;/h5-8,10-11H,9H2,1-4H3;1-2H3;1H4. The fourth-order valence-corrected chi connectivity index (χ4v) is 1.72. The Morgan fingerprint density at radius 2 is 1.44 bits per heavy atom. The Kier molecular flexibility index (Phi) is 10.4. The van der Waals surface area contributed by atoms with Crippen molar-refractivity contribution in [1.29, 1.82) is 0 Å². The highest BCUT2D eigenvalue weighted by Gasteiger charge is 2.06. The highest BCUT2D eigenvalue weighted by atomic mass is 14.1. The van der Waals surface area contributed by atoms with E-state index in [1.54, 1.807) is 0 Å². The van der Waals surface area contributed by atoms with Gasteiger partial charge < -0.3 is 0 Å². The summed E-state index contributed by atoms with van der Waals surface area (Å²) >= 11 is 0. The van der Waals surface area contributed by atoms with Crippen LogP contribution in [0.25, 0.3) is 0 Å². The molecule has 0 N–H and O–H groups in total. The summed E-state index contributed by atoms with van der Waals surface area (Å²) in [7, 11) is 0. The van der Waals surface area contributed by atoms with Crippen molar-refractivity contribution >= 4 is 0 Å². The van der Waals surface area contributed by atoms with Gasteiger partial charge in [-0.05, 0) is 29.4 Å². The van der Waals surface area contributed by atoms with Crippen LogP contribution in [0.4, 0.5) is 0 Å². The van der Waals surface area contributed by atoms with Gasteiger partial charge in [-0.1, -0.05) is 73.2 Å². The van der Waals surface area contributed by atoms with E-state index in [4.69, 9.17) is 0 Å². The monoisotopic (exact) mass is 222 g/mol. The van der Waals surface area contributed by atoms with Crippen molar-refractivity contribution in [2.75, 3.05) is 0 Å². The van der Waals surface area contributed by atoms with E-state index in [9.17, 15) is 0 Å². The molecule has 0 spiro atoms. The van der Waals surface area contributed by atoms with E-state index in [0.29, 0.717) is 5.92 Å². The summed E-state index contributed by atoms with van der Waals surface area (Å²) in [5, 5.41) is 0. The predicted octanol–water partition coefficient (Wildman–Crippen LogP) is 5.67. The Balaban J connectivity index is 0. The minimum absolute atomic E-state index is 0. The maximum Gasteiger partial charge on any atom is -0.0216 e. The summed E-state index contributed by atoms with van der Waals surface area (Å²) in [6.07, 6.45) is 1.20. The third-order valence-electron chi connectivity index (χ3n) is 2.31. The molecule has 0 saturated heterocycles. The molecule has 0 heteroatoms. The number of hydrogen-bond acceptors (Lipinski definition) is 0. The Labute approximate surface area is 103 Å². The van der Waals surface area contributed by atoms with Crippen molar-refractivity contribution in [1.82, 2.24) is 0 Å². The van der Waals surface area contributed by atoms with Gasteiger partial charge in [0.1, 0.15) is 0 Å². The molecule has 0 unspecified atom stereocenters. The highest BCUT2D eigenvalue weighted by Crippen LogP contribution is 2.21. The smallest absolute Gasteiger partial charge is 0.0216 e. The van der Waals surface area contributed by atoms with E-state index in [1.807, 2.05) is 13.8 Å². The van der Waals surface area contributed by atoms with Gasteiger partial charge in [0.05, 0.1) is 0 Å². The normalized spacial score (nSPS) is 9.50. The van der Waals surface area contributed by atoms with Gasteiger partial charge in [-0.15, -0.1) is 0 Å². The molecule has 0 aliphatic carbocycles. The van der Waals surface area contributed by atoms with Gasteiger partial charge in [-0.2, -0.15) is 0 Å². The Morgan fingerprint density at radius 1 is 0.938 bits per heavy atom. The molecule has 0 bridgehead atoms. The maximum absolute atomic E-state index is 2.27. The zero-order valence-corrected chi connectivity index (χ0v) is 11.2. The van der Waals surface area contributed by atoms with Crippen LogP contribution in [-0.4, -0.2) is 0 Å². The van der Waals surface area contributed by atoms with Crippen LogP contribution >= 0.6 is 0 Å². The van der Waals surface area contributed by atoms with Crippen molar-refractivity contribution in [2.45, 2.75) is 61.3 Å². The first-order chi connectivity index (χ1) is 7.11. The van der Waals surface area contributed by atoms with Gasteiger partial charge in [0, 0.05) is 0 Å². The SMILES string of the molecule is C.CC.CC(C)Cc1ccccc1C(C)C. The first-order valence-electron chi connectivity index (χ1n) is 6.19. The number of hydrogen-bond donors (Lipinski definition) is 0. The molecule has 0 heterocycles. The summed E-state index contributed by atoms with van der Waals surface area (Å²) in [5.41, 5.74) is 3.03. The topological polar surface area (TPSA) is 0 Å². The van der Waals surface area contributed by atoms with E-state index in [0.717, 1.165) is 5.92 Å². The second-order valence-corrected chi connectivity index (χ2v) is 4.45. The molecule has 0 radical (unpaired) electrons. The molecule has 0 saturated carbocycles. The average molecular weight is 222 g/mol. The largest absolute Gasteiger partial charge is 0.0776 e. The molecule has 0 nitrogen and oxygen atoms in total. The molecule has 1 rings (SSSR count). The molecule has 0 aliphatic heterocycles. The zero-order chi connectivity index (χ0) is 11.8. The first-order valence-corrected chi connectivity index (χ1v) is 6.19. The molecule has 0 aliphatic rings. The lowest BCUT2D eigenvalue weighted by Gasteiger charge is -2.13. The third kappa shape index (κ3) is 5.95. The summed E-state index contributed by atoms with van der Waals surface area (Å²) in [5.74, 6) is 1.40. The van der Waals surface area contributed by atoms with E-state index >= 15 is 0 Å². The number of benzene rings is 1. The molecule has 0 atom stereocenters. The molecule has 0 fully saturated rings. The molecule has 94 valence electrons. The lowest BCUT2D eigenvalue weighted by Crippen LogP contribution is -2.00. The van der Waals surface area contributed by atoms with Crippen molar-refractivity contribution in [3.05, 3.63) is 35.4 Å². The first kappa shape index (κ1) is 17.6. The van der Waals surface area contributed by atoms with Gasteiger partial charge >= 0.3 is 0 Å². The van der Waals surface area contributed by atoms with Crippen LogP contribution in [0.1, 0.15) is 66.0 Å². The van der Waals surface area contributed by atoms with E-state index in [1.165, 1.54) is 17.5 Å². The van der Waals surface area contributed by atoms with Crippen molar-refractivity contribution in [2.24, 2.45) is 5.92 Å². The zero-order valence-electron chi connectivity index (χ0n) is 11.2. The number of rotatable bonds is 3. The second kappa shape index (κ2) is 9.45. The van der Waals surface area contributed by atoms with E-state index < -0.39 is 0 Å². The van der Waals surface area contributed by atoms with Crippen LogP contribution in [0.3, 0.4) is 0 Å². The Bertz CT molecular complexity index is 258. The lowest BCUT2D eigenvalue weighted by molar-refractivity contribution is 0.638. The summed E-state index contributed by atoms with van der Waals surface area (Å²) in [6, 6.07) is 8.79. The molecule has 1 aromatic carbocycles. The minimum atomic E-state index is 0. The van der Waals surface area contributed by atoms with Crippen molar-refractivity contribution in [3.8, 4) is 0 Å². The Hall–Kier alpha value is -0.780. The van der Waals surface area contributed by atoms with Gasteiger partial charge in [0.15, 0.2) is 0 Å². The highest BCUT2D eigenvalue weighted by molar-refractivity contribution is 5.29. The quantitative estimate of drug-likeness (QED) is 0.618. The molecular weight excluding hydrogens is 192 g/mol. The fourth-order valence-electron chi connectivity index (χ4n) is 1.72. The Morgan fingerprint density at radius 3 is 1.88 bits per heavy atom. The van der Waals surface area contributed by atoms with Crippen molar-refractivity contribution in [3.63, 3.8) is 0 Å². The second-order valence-electron chi connectivity index (χ2n) is 4.45. The van der Waals surface area contributed by atoms with E-state index in [-0.39, 0.29) is 7.43 Å². The summed E-state index contributed by atoms with van der Waals surface area (Å²) in [4.78, 5) is 0. The van der Waals surface area contributed by atoms with Gasteiger partial charge in [-0.3, -0.25) is 0 Å². The molecule has 16 heavy (non-hydrogen) atoms. The molecule has 0 aromatic heterocycles. The van der Waals surface area contributed by atoms with Crippen LogP contribution in [0.5, 0.6) is 0 Å². The minimum Gasteiger partial charge on any atom is -0.0776 e. The van der Waals surface area contributed by atoms with Gasteiger partial charge in [0.2, 0.25) is 0 Å². The van der Waals surface area contributed by atoms with Crippen LogP contribution in [0, 0.1) is 5.92 Å². The van der Waals surface area contributed by atoms with Crippen LogP contribution < -0.4 is 0 Å². The maximum atomic E-state index is 2.27. The lowest BCUT2D eigenvalue weighted by atomic mass is 9.92. The average Bonchev–Trinajstić information content (AvgIpc) is 2.20. The summed E-state index contributed by atoms with van der Waals surface area (Å²) < 4.78 is 0. The summed E-state index contributed by atoms with van der Waals surface area (Å²) in [6.45, 7) is 13.1. The van der Waals surface area contributed by atoms with Gasteiger partial charge in [0.25, 0.3) is 0 Å². The van der Waals surface area contributed by atoms with Gasteiger partial charge in [-0.25, -0.2) is 0 Å². The van der Waals surface area contributed by atoms with Crippen LogP contribution in [0.15, 0.2) is 24.3 Å². The molecule has 0 amide bonds.